The van der Waals surface area contributed by atoms with Crippen LogP contribution in [0.25, 0.3) is 16.8 Å². The van der Waals surface area contributed by atoms with Crippen LogP contribution in [0.2, 0.25) is 0 Å². The minimum Gasteiger partial charge on any atom is -0.496 e. The summed E-state index contributed by atoms with van der Waals surface area (Å²) in [6.07, 6.45) is 3.32. The number of rotatable bonds is 5. The second-order valence-electron chi connectivity index (χ2n) is 5.30. The molecule has 0 bridgehead atoms. The van der Waals surface area contributed by atoms with E-state index in [2.05, 4.69) is 0 Å². The number of allylic oxidation sites excluding steroid dienone is 1. The zero-order valence-electron chi connectivity index (χ0n) is 13.7. The third-order valence-corrected chi connectivity index (χ3v) is 3.91. The summed E-state index contributed by atoms with van der Waals surface area (Å²) in [6, 6.07) is 19.1. The maximum atomic E-state index is 12.8. The Labute approximate surface area is 141 Å². The van der Waals surface area contributed by atoms with Crippen LogP contribution >= 0.6 is 0 Å². The monoisotopic (exact) mass is 318 g/mol. The first-order chi connectivity index (χ1) is 11.7. The highest BCUT2D eigenvalue weighted by Gasteiger charge is 2.14. The Morgan fingerprint density at radius 3 is 2.33 bits per heavy atom. The van der Waals surface area contributed by atoms with E-state index < -0.39 is 0 Å². The summed E-state index contributed by atoms with van der Waals surface area (Å²) in [5, 5.41) is 1.89. The SMILES string of the molecule is COc1ccccc1C=CC(=O)c1c(OC)ccc2ccccc12. The molecule has 0 spiro atoms. The van der Waals surface area contributed by atoms with Gasteiger partial charge in [0.25, 0.3) is 0 Å². The normalized spacial score (nSPS) is 10.9. The van der Waals surface area contributed by atoms with Crippen molar-refractivity contribution in [2.45, 2.75) is 0 Å². The molecule has 3 rings (SSSR count). The number of hydrogen-bond donors (Lipinski definition) is 0. The number of ether oxygens (including phenoxy) is 2. The summed E-state index contributed by atoms with van der Waals surface area (Å²) >= 11 is 0. The summed E-state index contributed by atoms with van der Waals surface area (Å²) in [7, 11) is 3.19. The van der Waals surface area contributed by atoms with Crippen molar-refractivity contribution >= 4 is 22.6 Å². The summed E-state index contributed by atoms with van der Waals surface area (Å²) < 4.78 is 10.7. The van der Waals surface area contributed by atoms with Crippen molar-refractivity contribution in [3.8, 4) is 11.5 Å². The van der Waals surface area contributed by atoms with Crippen molar-refractivity contribution in [1.82, 2.24) is 0 Å². The van der Waals surface area contributed by atoms with Gasteiger partial charge in [0.05, 0.1) is 19.8 Å². The molecule has 24 heavy (non-hydrogen) atoms. The van der Waals surface area contributed by atoms with Crippen molar-refractivity contribution in [2.75, 3.05) is 14.2 Å². The third-order valence-electron chi connectivity index (χ3n) is 3.91. The van der Waals surface area contributed by atoms with Gasteiger partial charge in [0, 0.05) is 5.56 Å². The van der Waals surface area contributed by atoms with Gasteiger partial charge in [-0.15, -0.1) is 0 Å². The highest BCUT2D eigenvalue weighted by Crippen LogP contribution is 2.29. The predicted molar refractivity (Wildman–Crippen MR) is 96.9 cm³/mol. The van der Waals surface area contributed by atoms with E-state index in [4.69, 9.17) is 9.47 Å². The fourth-order valence-electron chi connectivity index (χ4n) is 2.73. The maximum Gasteiger partial charge on any atom is 0.190 e. The van der Waals surface area contributed by atoms with Gasteiger partial charge in [0.2, 0.25) is 0 Å². The Hall–Kier alpha value is -3.07. The Morgan fingerprint density at radius 1 is 0.833 bits per heavy atom. The van der Waals surface area contributed by atoms with Crippen LogP contribution in [0.15, 0.2) is 66.7 Å². The minimum absolute atomic E-state index is 0.102. The van der Waals surface area contributed by atoms with Crippen LogP contribution in [0.4, 0.5) is 0 Å². The number of carbonyl (C=O) groups excluding carboxylic acids is 1. The molecule has 0 amide bonds. The van der Waals surface area contributed by atoms with Crippen molar-refractivity contribution in [1.29, 1.82) is 0 Å². The fraction of sp³-hybridized carbons (Fsp3) is 0.0952. The molecule has 0 atom stereocenters. The molecule has 3 aromatic carbocycles. The maximum absolute atomic E-state index is 12.8. The van der Waals surface area contributed by atoms with Gasteiger partial charge in [-0.1, -0.05) is 48.5 Å². The molecule has 0 aliphatic heterocycles. The Kier molecular flexibility index (Phi) is 4.62. The molecule has 0 saturated carbocycles. The molecule has 0 heterocycles. The molecule has 0 aliphatic carbocycles. The summed E-state index contributed by atoms with van der Waals surface area (Å²) in [4.78, 5) is 12.8. The van der Waals surface area contributed by atoms with E-state index in [0.717, 1.165) is 22.1 Å². The van der Waals surface area contributed by atoms with E-state index in [1.54, 1.807) is 26.4 Å². The number of methoxy groups -OCH3 is 2. The fourth-order valence-corrected chi connectivity index (χ4v) is 2.73. The highest BCUT2D eigenvalue weighted by molar-refractivity contribution is 6.16. The molecule has 0 aliphatic rings. The van der Waals surface area contributed by atoms with Gasteiger partial charge >= 0.3 is 0 Å². The lowest BCUT2D eigenvalue weighted by molar-refractivity contribution is 0.104. The number of para-hydroxylation sites is 1. The zero-order chi connectivity index (χ0) is 16.9. The van der Waals surface area contributed by atoms with Gasteiger partial charge in [-0.3, -0.25) is 4.79 Å². The van der Waals surface area contributed by atoms with Crippen LogP contribution in [0.5, 0.6) is 11.5 Å². The Morgan fingerprint density at radius 2 is 1.54 bits per heavy atom. The van der Waals surface area contributed by atoms with Gasteiger partial charge in [-0.2, -0.15) is 0 Å². The zero-order valence-corrected chi connectivity index (χ0v) is 13.7. The Balaban J connectivity index is 2.04. The molecule has 0 aromatic heterocycles. The lowest BCUT2D eigenvalue weighted by Crippen LogP contribution is -2.00. The van der Waals surface area contributed by atoms with Crippen LogP contribution in [-0.4, -0.2) is 20.0 Å². The first kappa shape index (κ1) is 15.8. The Bertz CT molecular complexity index is 910. The van der Waals surface area contributed by atoms with E-state index in [9.17, 15) is 4.79 Å². The highest BCUT2D eigenvalue weighted by atomic mass is 16.5. The smallest absolute Gasteiger partial charge is 0.190 e. The average Bonchev–Trinajstić information content (AvgIpc) is 2.65. The topological polar surface area (TPSA) is 35.5 Å². The molecule has 0 radical (unpaired) electrons. The van der Waals surface area contributed by atoms with Gasteiger partial charge in [-0.05, 0) is 35.1 Å². The van der Waals surface area contributed by atoms with Gasteiger partial charge in [0.15, 0.2) is 5.78 Å². The lowest BCUT2D eigenvalue weighted by atomic mass is 9.99. The number of fused-ring (bicyclic) bond motifs is 1. The van der Waals surface area contributed by atoms with Crippen molar-refractivity contribution < 1.29 is 14.3 Å². The van der Waals surface area contributed by atoms with Crippen LogP contribution in [0, 0.1) is 0 Å². The molecule has 120 valence electrons. The molecule has 3 nitrogen and oxygen atoms in total. The van der Waals surface area contributed by atoms with Crippen LogP contribution in [0.1, 0.15) is 15.9 Å². The first-order valence-electron chi connectivity index (χ1n) is 7.65. The largest absolute Gasteiger partial charge is 0.496 e. The quantitative estimate of drug-likeness (QED) is 0.503. The standard InChI is InChI=1S/C21H18O3/c1-23-19-10-6-4-8-16(19)11-13-18(22)21-17-9-5-3-7-15(17)12-14-20(21)24-2/h3-14H,1-2H3. The van der Waals surface area contributed by atoms with Crippen LogP contribution < -0.4 is 9.47 Å². The number of hydrogen-bond acceptors (Lipinski definition) is 3. The van der Waals surface area contributed by atoms with Crippen molar-refractivity contribution in [3.63, 3.8) is 0 Å². The van der Waals surface area contributed by atoms with Crippen LogP contribution in [-0.2, 0) is 0 Å². The van der Waals surface area contributed by atoms with Crippen molar-refractivity contribution in [3.05, 3.63) is 77.9 Å². The molecule has 0 saturated heterocycles. The van der Waals surface area contributed by atoms with Gasteiger partial charge in [0.1, 0.15) is 11.5 Å². The van der Waals surface area contributed by atoms with Gasteiger partial charge in [-0.25, -0.2) is 0 Å². The second kappa shape index (κ2) is 7.01. The molecule has 0 unspecified atom stereocenters. The van der Waals surface area contributed by atoms with Crippen molar-refractivity contribution in [2.24, 2.45) is 0 Å². The van der Waals surface area contributed by atoms with E-state index in [1.807, 2.05) is 60.7 Å². The van der Waals surface area contributed by atoms with Gasteiger partial charge < -0.3 is 9.47 Å². The van der Waals surface area contributed by atoms with E-state index in [-0.39, 0.29) is 5.78 Å². The summed E-state index contributed by atoms with van der Waals surface area (Å²) in [5.41, 5.74) is 1.43. The second-order valence-corrected chi connectivity index (χ2v) is 5.30. The lowest BCUT2D eigenvalue weighted by Gasteiger charge is -2.09. The van der Waals surface area contributed by atoms with E-state index in [1.165, 1.54) is 0 Å². The number of ketones is 1. The average molecular weight is 318 g/mol. The minimum atomic E-state index is -0.102. The van der Waals surface area contributed by atoms with E-state index >= 15 is 0 Å². The molecule has 0 N–H and O–H groups in total. The third kappa shape index (κ3) is 3.01. The van der Waals surface area contributed by atoms with E-state index in [0.29, 0.717) is 11.3 Å². The molecule has 3 aromatic rings. The van der Waals surface area contributed by atoms with Crippen LogP contribution in [0.3, 0.4) is 0 Å². The molecule has 3 heteroatoms. The number of carbonyl (C=O) groups is 1. The molecule has 0 fully saturated rings. The molecular weight excluding hydrogens is 300 g/mol. The predicted octanol–water partition coefficient (Wildman–Crippen LogP) is 4.75. The summed E-state index contributed by atoms with van der Waals surface area (Å²) in [5.74, 6) is 1.20. The first-order valence-corrected chi connectivity index (χ1v) is 7.65. The molecular formula is C21H18O3. The number of benzene rings is 3. The summed E-state index contributed by atoms with van der Waals surface area (Å²) in [6.45, 7) is 0.